The lowest BCUT2D eigenvalue weighted by Gasteiger charge is -2.27. The summed E-state index contributed by atoms with van der Waals surface area (Å²) in [7, 11) is 0. The smallest absolute Gasteiger partial charge is 0.332 e. The second-order valence-corrected chi connectivity index (χ2v) is 8.99. The van der Waals surface area contributed by atoms with Gasteiger partial charge >= 0.3 is 11.9 Å². The molecule has 186 valence electrons. The highest BCUT2D eigenvalue weighted by Crippen LogP contribution is 2.26. The molecule has 0 saturated carbocycles. The zero-order valence-electron chi connectivity index (χ0n) is 20.0. The molecule has 0 radical (unpaired) electrons. The van der Waals surface area contributed by atoms with Crippen LogP contribution in [0.15, 0.2) is 12.2 Å². The molecule has 2 rings (SSSR count). The fraction of sp³-hybridized carbons (Fsp3) is 0.714. The number of rotatable bonds is 12. The Morgan fingerprint density at radius 1 is 1.18 bits per heavy atom. The molecule has 33 heavy (non-hydrogen) atoms. The first-order chi connectivity index (χ1) is 15.7. The topological polar surface area (TPSA) is 124 Å². The minimum absolute atomic E-state index is 0.0767. The van der Waals surface area contributed by atoms with Crippen LogP contribution in [0.4, 0.5) is 5.82 Å². The number of carbonyl (C=O) groups excluding carboxylic acids is 2. The third-order valence-corrected chi connectivity index (χ3v) is 4.94. The van der Waals surface area contributed by atoms with Crippen molar-refractivity contribution in [2.45, 2.75) is 52.5 Å². The fourth-order valence-corrected chi connectivity index (χ4v) is 3.36. The quantitative estimate of drug-likeness (QED) is 0.251. The first-order valence-corrected chi connectivity index (χ1v) is 11.8. The lowest BCUT2D eigenvalue weighted by Crippen LogP contribution is -2.44. The first-order valence-electron chi connectivity index (χ1n) is 11.0. The van der Waals surface area contributed by atoms with E-state index >= 15 is 0 Å². The molecule has 0 bridgehead atoms. The number of nitrogens with zero attached hydrogens (tertiary/aromatic N) is 3. The number of hydrogen-bond donors (Lipinski definition) is 2. The summed E-state index contributed by atoms with van der Waals surface area (Å²) in [5.41, 5.74) is -0.187. The maximum atomic E-state index is 12.3. The van der Waals surface area contributed by atoms with Crippen LogP contribution in [-0.4, -0.2) is 84.6 Å². The Balaban J connectivity index is 1.94. The van der Waals surface area contributed by atoms with Crippen molar-refractivity contribution in [2.75, 3.05) is 50.9 Å². The van der Waals surface area contributed by atoms with Gasteiger partial charge in [-0.25, -0.2) is 9.59 Å². The van der Waals surface area contributed by atoms with Gasteiger partial charge in [-0.2, -0.15) is 4.37 Å². The van der Waals surface area contributed by atoms with Crippen molar-refractivity contribution < 1.29 is 28.5 Å². The van der Waals surface area contributed by atoms with Crippen LogP contribution < -0.4 is 20.3 Å². The average molecular weight is 486 g/mol. The van der Waals surface area contributed by atoms with Gasteiger partial charge in [0.2, 0.25) is 5.82 Å². The Hall–Kier alpha value is -2.28. The van der Waals surface area contributed by atoms with Crippen LogP contribution in [0.1, 0.15) is 34.6 Å². The van der Waals surface area contributed by atoms with E-state index in [0.29, 0.717) is 51.1 Å². The molecule has 1 aromatic rings. The summed E-state index contributed by atoms with van der Waals surface area (Å²) in [5, 5.41) is 6.25. The largest absolute Gasteiger partial charge is 0.470 e. The van der Waals surface area contributed by atoms with E-state index in [1.54, 1.807) is 6.92 Å². The fourth-order valence-electron chi connectivity index (χ4n) is 2.84. The van der Waals surface area contributed by atoms with E-state index in [1.165, 1.54) is 0 Å². The van der Waals surface area contributed by atoms with E-state index in [2.05, 4.69) is 24.3 Å². The molecule has 0 aliphatic carbocycles. The maximum Gasteiger partial charge on any atom is 0.332 e. The number of esters is 2. The number of anilines is 1. The molecular formula is C21H35N5O6S. The Morgan fingerprint density at radius 2 is 1.85 bits per heavy atom. The van der Waals surface area contributed by atoms with Gasteiger partial charge in [0, 0.05) is 37.3 Å². The van der Waals surface area contributed by atoms with Gasteiger partial charge < -0.3 is 29.2 Å². The van der Waals surface area contributed by atoms with Gasteiger partial charge in [-0.05, 0) is 34.2 Å². The normalized spacial score (nSPS) is 16.5. The van der Waals surface area contributed by atoms with Crippen molar-refractivity contribution in [1.29, 1.82) is 0 Å². The van der Waals surface area contributed by atoms with Gasteiger partial charge in [-0.15, -0.1) is 4.37 Å². The predicted molar refractivity (Wildman–Crippen MR) is 124 cm³/mol. The van der Waals surface area contributed by atoms with Crippen LogP contribution in [0.2, 0.25) is 0 Å². The molecule has 11 nitrogen and oxygen atoms in total. The summed E-state index contributed by atoms with van der Waals surface area (Å²) in [5.74, 6) is -0.244. The van der Waals surface area contributed by atoms with E-state index < -0.39 is 24.3 Å². The molecule has 1 aliphatic heterocycles. The molecular weight excluding hydrogens is 450 g/mol. The summed E-state index contributed by atoms with van der Waals surface area (Å²) in [4.78, 5) is 26.2. The van der Waals surface area contributed by atoms with Crippen molar-refractivity contribution in [1.82, 2.24) is 19.4 Å². The summed E-state index contributed by atoms with van der Waals surface area (Å²) in [6.45, 7) is 13.4. The maximum absolute atomic E-state index is 12.3. The molecule has 1 unspecified atom stereocenters. The highest BCUT2D eigenvalue weighted by atomic mass is 32.1. The minimum Gasteiger partial charge on any atom is -0.470 e. The summed E-state index contributed by atoms with van der Waals surface area (Å²) in [6, 6.07) is 0. The first kappa shape index (κ1) is 27.0. The molecule has 0 spiro atoms. The standard InChI is InChI=1S/C21H35N5O6S/c1-6-22-15(2)31-17(27)7-8-18(28)32-16(13-23-21(3,4)5)14-30-20-19(24-33-25-20)26-9-11-29-12-10-26/h7-8,15-16,22-23H,6,9-14H2,1-5H3/b8-7+/t15?,16-/m0/s1. The van der Waals surface area contributed by atoms with Crippen LogP contribution in [0.5, 0.6) is 5.88 Å². The molecule has 2 heterocycles. The van der Waals surface area contributed by atoms with Crippen LogP contribution in [0.25, 0.3) is 0 Å². The highest BCUT2D eigenvalue weighted by molar-refractivity contribution is 6.99. The molecule has 1 saturated heterocycles. The number of aromatic nitrogens is 2. The van der Waals surface area contributed by atoms with Gasteiger partial charge in [0.15, 0.2) is 6.23 Å². The Kier molecular flexibility index (Phi) is 11.0. The molecule has 2 atom stereocenters. The average Bonchev–Trinajstić information content (AvgIpc) is 3.23. The number of carbonyl (C=O) groups is 2. The lowest BCUT2D eigenvalue weighted by atomic mass is 10.1. The molecule has 12 heteroatoms. The van der Waals surface area contributed by atoms with E-state index in [1.807, 2.05) is 27.7 Å². The van der Waals surface area contributed by atoms with Crippen LogP contribution in [0, 0.1) is 0 Å². The summed E-state index contributed by atoms with van der Waals surface area (Å²) in [6.07, 6.45) is 1.03. The summed E-state index contributed by atoms with van der Waals surface area (Å²) < 4.78 is 30.4. The zero-order valence-corrected chi connectivity index (χ0v) is 20.8. The Morgan fingerprint density at radius 3 is 2.48 bits per heavy atom. The monoisotopic (exact) mass is 485 g/mol. The van der Waals surface area contributed by atoms with E-state index in [0.717, 1.165) is 23.9 Å². The molecule has 0 aromatic carbocycles. The number of ether oxygens (including phenoxy) is 4. The molecule has 2 N–H and O–H groups in total. The van der Waals surface area contributed by atoms with Crippen molar-refractivity contribution in [3.8, 4) is 5.88 Å². The van der Waals surface area contributed by atoms with Gasteiger partial charge in [0.1, 0.15) is 12.7 Å². The lowest BCUT2D eigenvalue weighted by molar-refractivity contribution is -0.146. The highest BCUT2D eigenvalue weighted by Gasteiger charge is 2.23. The van der Waals surface area contributed by atoms with Gasteiger partial charge in [-0.1, -0.05) is 6.92 Å². The SMILES string of the molecule is CCNC(C)OC(=O)/C=C/C(=O)O[C@@H](CNC(C)(C)C)COc1nsnc1N1CCOCC1. The Bertz CT molecular complexity index is 775. The van der Waals surface area contributed by atoms with Crippen molar-refractivity contribution in [3.05, 3.63) is 12.2 Å². The number of hydrogen-bond acceptors (Lipinski definition) is 12. The second-order valence-electron chi connectivity index (χ2n) is 8.46. The predicted octanol–water partition coefficient (Wildman–Crippen LogP) is 1.11. The van der Waals surface area contributed by atoms with Gasteiger partial charge in [0.25, 0.3) is 5.88 Å². The molecule has 1 aromatic heterocycles. The van der Waals surface area contributed by atoms with E-state index in [-0.39, 0.29) is 12.1 Å². The van der Waals surface area contributed by atoms with Crippen LogP contribution in [-0.2, 0) is 23.8 Å². The second kappa shape index (κ2) is 13.4. The van der Waals surface area contributed by atoms with Gasteiger partial charge in [-0.3, -0.25) is 5.32 Å². The zero-order chi connectivity index (χ0) is 24.3. The molecule has 1 fully saturated rings. The van der Waals surface area contributed by atoms with Crippen molar-refractivity contribution in [2.24, 2.45) is 0 Å². The number of morpholine rings is 1. The summed E-state index contributed by atoms with van der Waals surface area (Å²) >= 11 is 1.06. The third-order valence-electron chi connectivity index (χ3n) is 4.44. The number of nitrogens with one attached hydrogen (secondary N) is 2. The Labute approximate surface area is 199 Å². The minimum atomic E-state index is -0.669. The van der Waals surface area contributed by atoms with Gasteiger partial charge in [0.05, 0.1) is 24.9 Å². The molecule has 0 amide bonds. The molecule has 1 aliphatic rings. The van der Waals surface area contributed by atoms with Crippen molar-refractivity contribution >= 4 is 29.5 Å². The van der Waals surface area contributed by atoms with E-state index in [9.17, 15) is 9.59 Å². The van der Waals surface area contributed by atoms with Crippen LogP contribution in [0.3, 0.4) is 0 Å². The van der Waals surface area contributed by atoms with E-state index in [4.69, 9.17) is 18.9 Å². The van der Waals surface area contributed by atoms with Crippen molar-refractivity contribution in [3.63, 3.8) is 0 Å². The third kappa shape index (κ3) is 10.5. The van der Waals surface area contributed by atoms with Crippen LogP contribution >= 0.6 is 11.7 Å².